The molecule has 1 aliphatic carbocycles. The Morgan fingerprint density at radius 2 is 2.00 bits per heavy atom. The molecule has 3 atom stereocenters. The molecule has 1 saturated carbocycles. The molecule has 124 valence electrons. The number of amides is 1. The van der Waals surface area contributed by atoms with Gasteiger partial charge in [-0.05, 0) is 37.8 Å². The minimum Gasteiger partial charge on any atom is -0.356 e. The van der Waals surface area contributed by atoms with Crippen LogP contribution in [-0.4, -0.2) is 46.3 Å². The average Bonchev–Trinajstić information content (AvgIpc) is 2.68. The Labute approximate surface area is 133 Å². The Bertz CT molecular complexity index is 454. The van der Waals surface area contributed by atoms with E-state index >= 15 is 0 Å². The Balaban J connectivity index is 0.00000220. The molecule has 6 nitrogen and oxygen atoms in total. The molecule has 3 N–H and O–H groups in total. The molecule has 8 heteroatoms. The highest BCUT2D eigenvalue weighted by Gasteiger charge is 2.32. The Morgan fingerprint density at radius 1 is 1.33 bits per heavy atom. The molecule has 2 fully saturated rings. The Morgan fingerprint density at radius 3 is 2.52 bits per heavy atom. The van der Waals surface area contributed by atoms with Crippen molar-refractivity contribution < 1.29 is 13.2 Å². The maximum Gasteiger partial charge on any atom is 0.223 e. The van der Waals surface area contributed by atoms with Gasteiger partial charge in [0.15, 0.2) is 0 Å². The highest BCUT2D eigenvalue weighted by molar-refractivity contribution is 7.88. The maximum absolute atomic E-state index is 12.0. The normalized spacial score (nSPS) is 27.5. The van der Waals surface area contributed by atoms with Crippen LogP contribution < -0.4 is 15.4 Å². The van der Waals surface area contributed by atoms with Gasteiger partial charge in [-0.3, -0.25) is 4.79 Å². The highest BCUT2D eigenvalue weighted by Crippen LogP contribution is 2.26. The summed E-state index contributed by atoms with van der Waals surface area (Å²) in [5.41, 5.74) is 0. The lowest BCUT2D eigenvalue weighted by Gasteiger charge is -2.32. The Hall–Kier alpha value is -0.370. The van der Waals surface area contributed by atoms with Gasteiger partial charge in [0, 0.05) is 18.5 Å². The van der Waals surface area contributed by atoms with Crippen molar-refractivity contribution in [2.75, 3.05) is 25.9 Å². The van der Waals surface area contributed by atoms with E-state index in [1.165, 1.54) is 6.26 Å². The molecule has 21 heavy (non-hydrogen) atoms. The van der Waals surface area contributed by atoms with E-state index < -0.39 is 10.0 Å². The molecule has 1 aliphatic heterocycles. The van der Waals surface area contributed by atoms with E-state index in [-0.39, 0.29) is 36.2 Å². The molecule has 0 aromatic carbocycles. The van der Waals surface area contributed by atoms with Crippen LogP contribution in [0.5, 0.6) is 0 Å². The molecule has 0 aromatic rings. The van der Waals surface area contributed by atoms with E-state index in [0.29, 0.717) is 12.5 Å². The molecule has 1 heterocycles. The largest absolute Gasteiger partial charge is 0.356 e. The van der Waals surface area contributed by atoms with Gasteiger partial charge in [-0.1, -0.05) is 13.3 Å². The van der Waals surface area contributed by atoms with Gasteiger partial charge >= 0.3 is 0 Å². The van der Waals surface area contributed by atoms with E-state index in [1.807, 2.05) is 6.92 Å². The molecule has 0 aromatic heterocycles. The topological polar surface area (TPSA) is 87.3 Å². The second kappa shape index (κ2) is 7.76. The van der Waals surface area contributed by atoms with E-state index in [9.17, 15) is 13.2 Å². The fraction of sp³-hybridized carbons (Fsp3) is 0.923. The lowest BCUT2D eigenvalue weighted by Crippen LogP contribution is -2.50. The van der Waals surface area contributed by atoms with Gasteiger partial charge in [-0.15, -0.1) is 12.4 Å². The average molecular weight is 340 g/mol. The van der Waals surface area contributed by atoms with Crippen LogP contribution in [0.4, 0.5) is 0 Å². The zero-order chi connectivity index (χ0) is 14.8. The van der Waals surface area contributed by atoms with Crippen molar-refractivity contribution in [3.05, 3.63) is 0 Å². The van der Waals surface area contributed by atoms with Crippen molar-refractivity contribution in [3.8, 4) is 0 Å². The van der Waals surface area contributed by atoms with Crippen LogP contribution in [-0.2, 0) is 14.8 Å². The number of halogens is 1. The van der Waals surface area contributed by atoms with E-state index in [2.05, 4.69) is 15.4 Å². The van der Waals surface area contributed by atoms with Crippen molar-refractivity contribution in [2.24, 2.45) is 17.8 Å². The number of hydrogen-bond acceptors (Lipinski definition) is 4. The lowest BCUT2D eigenvalue weighted by molar-refractivity contribution is -0.126. The number of carbonyl (C=O) groups excluding carboxylic acids is 1. The first-order valence-electron chi connectivity index (χ1n) is 7.32. The smallest absolute Gasteiger partial charge is 0.223 e. The molecule has 0 radical (unpaired) electrons. The van der Waals surface area contributed by atoms with E-state index in [4.69, 9.17) is 0 Å². The molecule has 2 aliphatic rings. The summed E-state index contributed by atoms with van der Waals surface area (Å²) in [7, 11) is -3.17. The van der Waals surface area contributed by atoms with Gasteiger partial charge in [-0.25, -0.2) is 13.1 Å². The fourth-order valence-electron chi connectivity index (χ4n) is 2.98. The number of sulfonamides is 1. The minimum absolute atomic E-state index is 0. The molecular formula is C13H26ClN3O3S. The van der Waals surface area contributed by atoms with E-state index in [0.717, 1.165) is 32.4 Å². The second-order valence-electron chi connectivity index (χ2n) is 6.14. The molecule has 1 saturated heterocycles. The monoisotopic (exact) mass is 339 g/mol. The van der Waals surface area contributed by atoms with Crippen LogP contribution in [0.1, 0.15) is 26.2 Å². The molecule has 0 spiro atoms. The van der Waals surface area contributed by atoms with Gasteiger partial charge in [0.2, 0.25) is 15.9 Å². The summed E-state index contributed by atoms with van der Waals surface area (Å²) in [6.45, 7) is 4.35. The van der Waals surface area contributed by atoms with Crippen LogP contribution in [0.15, 0.2) is 0 Å². The summed E-state index contributed by atoms with van der Waals surface area (Å²) >= 11 is 0. The van der Waals surface area contributed by atoms with Crippen molar-refractivity contribution >= 4 is 28.3 Å². The third-order valence-electron chi connectivity index (χ3n) is 4.50. The van der Waals surface area contributed by atoms with Crippen molar-refractivity contribution in [1.82, 2.24) is 15.4 Å². The van der Waals surface area contributed by atoms with Crippen LogP contribution in [0, 0.1) is 17.8 Å². The summed E-state index contributed by atoms with van der Waals surface area (Å²) in [5, 5.41) is 6.16. The molecular weight excluding hydrogens is 314 g/mol. The third-order valence-corrected chi connectivity index (χ3v) is 5.23. The first kappa shape index (κ1) is 18.7. The maximum atomic E-state index is 12.0. The third kappa shape index (κ3) is 5.39. The summed E-state index contributed by atoms with van der Waals surface area (Å²) in [6, 6.07) is -0.0361. The number of carbonyl (C=O) groups is 1. The van der Waals surface area contributed by atoms with Crippen LogP contribution in [0.3, 0.4) is 0 Å². The van der Waals surface area contributed by atoms with E-state index in [1.54, 1.807) is 0 Å². The lowest BCUT2D eigenvalue weighted by atomic mass is 9.88. The second-order valence-corrected chi connectivity index (χ2v) is 7.92. The zero-order valence-electron chi connectivity index (χ0n) is 12.6. The predicted molar refractivity (Wildman–Crippen MR) is 84.9 cm³/mol. The van der Waals surface area contributed by atoms with Gasteiger partial charge < -0.3 is 10.6 Å². The van der Waals surface area contributed by atoms with Crippen molar-refractivity contribution in [2.45, 2.75) is 32.2 Å². The van der Waals surface area contributed by atoms with Crippen molar-refractivity contribution in [3.63, 3.8) is 0 Å². The van der Waals surface area contributed by atoms with Crippen molar-refractivity contribution in [1.29, 1.82) is 0 Å². The standard InChI is InChI=1S/C13H25N3O3S.ClH/c1-9(11-6-14-7-11)13(17)15-8-10-4-3-5-12(10)16-20(2,18)19;/h9-12,14,16H,3-8H2,1-2H3,(H,15,17);1H. The summed E-state index contributed by atoms with van der Waals surface area (Å²) < 4.78 is 25.3. The zero-order valence-corrected chi connectivity index (χ0v) is 14.2. The van der Waals surface area contributed by atoms with Gasteiger partial charge in [0.25, 0.3) is 0 Å². The SMILES string of the molecule is CC(C(=O)NCC1CCCC1NS(C)(=O)=O)C1CNC1.Cl. The van der Waals surface area contributed by atoms with Crippen LogP contribution in [0.2, 0.25) is 0 Å². The Kier molecular flexibility index (Phi) is 6.90. The molecule has 3 unspecified atom stereocenters. The molecule has 2 rings (SSSR count). The summed E-state index contributed by atoms with van der Waals surface area (Å²) in [4.78, 5) is 12.0. The number of nitrogens with one attached hydrogen (secondary N) is 3. The molecule has 1 amide bonds. The van der Waals surface area contributed by atoms with Crippen LogP contribution >= 0.6 is 12.4 Å². The minimum atomic E-state index is -3.17. The summed E-state index contributed by atoms with van der Waals surface area (Å²) in [6.07, 6.45) is 4.02. The number of rotatable bonds is 6. The van der Waals surface area contributed by atoms with Crippen LogP contribution in [0.25, 0.3) is 0 Å². The first-order chi connectivity index (χ1) is 9.37. The van der Waals surface area contributed by atoms with Gasteiger partial charge in [-0.2, -0.15) is 0 Å². The quantitative estimate of drug-likeness (QED) is 0.640. The van der Waals surface area contributed by atoms with Gasteiger partial charge in [0.05, 0.1) is 6.26 Å². The number of hydrogen-bond donors (Lipinski definition) is 3. The van der Waals surface area contributed by atoms with Gasteiger partial charge in [0.1, 0.15) is 0 Å². The molecule has 0 bridgehead atoms. The first-order valence-corrected chi connectivity index (χ1v) is 9.21. The summed E-state index contributed by atoms with van der Waals surface area (Å²) in [5.74, 6) is 0.754. The fourth-order valence-corrected chi connectivity index (χ4v) is 3.84. The predicted octanol–water partition coefficient (Wildman–Crippen LogP) is 0.0978. The highest BCUT2D eigenvalue weighted by atomic mass is 35.5.